The molecule has 2 amide bonds. The second-order valence-corrected chi connectivity index (χ2v) is 8.71. The third-order valence-corrected chi connectivity index (χ3v) is 6.13. The fourth-order valence-electron chi connectivity index (χ4n) is 2.49. The number of anilines is 1. The molecule has 26 heavy (non-hydrogen) atoms. The standard InChI is InChI=1S/C17H25N3O5S/c1-11-9-13(11)17(22)18-8-7-16(21)19-14-10-12(5-6-15(14)25-4)26(23,24)20(2)3/h5-6,10-11,13H,7-9H2,1-4H3,(H,18,22)(H,19,21). The van der Waals surface area contributed by atoms with Crippen molar-refractivity contribution in [3.05, 3.63) is 18.2 Å². The molecule has 0 bridgehead atoms. The Balaban J connectivity index is 2.00. The molecular formula is C17H25N3O5S. The first-order chi connectivity index (χ1) is 12.2. The van der Waals surface area contributed by atoms with Gasteiger partial charge in [0.05, 0.1) is 17.7 Å². The largest absolute Gasteiger partial charge is 0.495 e. The van der Waals surface area contributed by atoms with Crippen LogP contribution in [0.15, 0.2) is 23.1 Å². The molecule has 2 rings (SSSR count). The van der Waals surface area contributed by atoms with Gasteiger partial charge in [0.25, 0.3) is 0 Å². The summed E-state index contributed by atoms with van der Waals surface area (Å²) < 4.78 is 30.7. The van der Waals surface area contributed by atoms with Crippen LogP contribution >= 0.6 is 0 Å². The van der Waals surface area contributed by atoms with Crippen LogP contribution in [0.1, 0.15) is 19.8 Å². The molecular weight excluding hydrogens is 358 g/mol. The number of carbonyl (C=O) groups is 2. The average Bonchev–Trinajstić information content (AvgIpc) is 3.31. The summed E-state index contributed by atoms with van der Waals surface area (Å²) in [6, 6.07) is 4.26. The van der Waals surface area contributed by atoms with Crippen molar-refractivity contribution in [3.8, 4) is 5.75 Å². The highest BCUT2D eigenvalue weighted by atomic mass is 32.2. The van der Waals surface area contributed by atoms with Gasteiger partial charge in [0.15, 0.2) is 0 Å². The van der Waals surface area contributed by atoms with Gasteiger partial charge in [-0.25, -0.2) is 12.7 Å². The molecule has 1 aromatic carbocycles. The summed E-state index contributed by atoms with van der Waals surface area (Å²) in [5, 5.41) is 5.38. The third kappa shape index (κ3) is 4.73. The molecule has 1 fully saturated rings. The van der Waals surface area contributed by atoms with Gasteiger partial charge >= 0.3 is 0 Å². The van der Waals surface area contributed by atoms with Crippen molar-refractivity contribution in [1.29, 1.82) is 0 Å². The first-order valence-electron chi connectivity index (χ1n) is 8.35. The summed E-state index contributed by atoms with van der Waals surface area (Å²) in [4.78, 5) is 23.9. The zero-order valence-electron chi connectivity index (χ0n) is 15.4. The molecule has 1 aliphatic carbocycles. The summed E-state index contributed by atoms with van der Waals surface area (Å²) in [5.74, 6) is 0.459. The van der Waals surface area contributed by atoms with E-state index in [1.54, 1.807) is 0 Å². The summed E-state index contributed by atoms with van der Waals surface area (Å²) in [6.07, 6.45) is 0.975. The fourth-order valence-corrected chi connectivity index (χ4v) is 3.41. The summed E-state index contributed by atoms with van der Waals surface area (Å²) in [6.45, 7) is 2.24. The molecule has 0 heterocycles. The number of nitrogens with one attached hydrogen (secondary N) is 2. The lowest BCUT2D eigenvalue weighted by atomic mass is 10.2. The van der Waals surface area contributed by atoms with Gasteiger partial charge in [-0.05, 0) is 30.5 Å². The molecule has 1 aliphatic rings. The second-order valence-electron chi connectivity index (χ2n) is 6.56. The lowest BCUT2D eigenvalue weighted by Crippen LogP contribution is -2.29. The Morgan fingerprint density at radius 2 is 1.96 bits per heavy atom. The smallest absolute Gasteiger partial charge is 0.242 e. The molecule has 0 aromatic heterocycles. The van der Waals surface area contributed by atoms with E-state index in [-0.39, 0.29) is 41.3 Å². The SMILES string of the molecule is COc1ccc(S(=O)(=O)N(C)C)cc1NC(=O)CCNC(=O)C1CC1C. The Morgan fingerprint density at radius 1 is 1.31 bits per heavy atom. The van der Waals surface area contributed by atoms with Gasteiger partial charge in [-0.3, -0.25) is 9.59 Å². The molecule has 9 heteroatoms. The van der Waals surface area contributed by atoms with Crippen molar-refractivity contribution < 1.29 is 22.7 Å². The van der Waals surface area contributed by atoms with Crippen molar-refractivity contribution in [2.24, 2.45) is 11.8 Å². The van der Waals surface area contributed by atoms with Crippen LogP contribution in [-0.2, 0) is 19.6 Å². The van der Waals surface area contributed by atoms with Crippen LogP contribution in [0.2, 0.25) is 0 Å². The molecule has 8 nitrogen and oxygen atoms in total. The van der Waals surface area contributed by atoms with E-state index in [1.165, 1.54) is 39.4 Å². The molecule has 0 aliphatic heterocycles. The molecule has 0 saturated heterocycles. The minimum absolute atomic E-state index is 0.0260. The number of methoxy groups -OCH3 is 1. The van der Waals surface area contributed by atoms with Crippen molar-refractivity contribution in [2.45, 2.75) is 24.7 Å². The monoisotopic (exact) mass is 383 g/mol. The maximum Gasteiger partial charge on any atom is 0.242 e. The first kappa shape index (κ1) is 20.2. The predicted molar refractivity (Wildman–Crippen MR) is 97.4 cm³/mol. The number of benzene rings is 1. The van der Waals surface area contributed by atoms with E-state index in [9.17, 15) is 18.0 Å². The molecule has 144 valence electrons. The Labute approximate surface area is 153 Å². The van der Waals surface area contributed by atoms with Gasteiger partial charge in [0.1, 0.15) is 5.75 Å². The van der Waals surface area contributed by atoms with E-state index in [0.717, 1.165) is 10.7 Å². The highest BCUT2D eigenvalue weighted by molar-refractivity contribution is 7.89. The van der Waals surface area contributed by atoms with Crippen molar-refractivity contribution in [2.75, 3.05) is 33.1 Å². The minimum Gasteiger partial charge on any atom is -0.495 e. The van der Waals surface area contributed by atoms with E-state index in [4.69, 9.17) is 4.74 Å². The number of rotatable bonds is 8. The van der Waals surface area contributed by atoms with Crippen molar-refractivity contribution in [3.63, 3.8) is 0 Å². The highest BCUT2D eigenvalue weighted by Crippen LogP contribution is 2.37. The molecule has 0 spiro atoms. The van der Waals surface area contributed by atoms with E-state index < -0.39 is 10.0 Å². The molecule has 2 unspecified atom stereocenters. The average molecular weight is 383 g/mol. The Kier molecular flexibility index (Phi) is 6.25. The van der Waals surface area contributed by atoms with E-state index in [0.29, 0.717) is 11.7 Å². The van der Waals surface area contributed by atoms with Gasteiger partial charge in [0, 0.05) is 33.0 Å². The van der Waals surface area contributed by atoms with Gasteiger partial charge in [-0.15, -0.1) is 0 Å². The van der Waals surface area contributed by atoms with Crippen molar-refractivity contribution >= 4 is 27.5 Å². The van der Waals surface area contributed by atoms with Gasteiger partial charge in [0.2, 0.25) is 21.8 Å². The van der Waals surface area contributed by atoms with Crippen LogP contribution < -0.4 is 15.4 Å². The Bertz CT molecular complexity index is 792. The lowest BCUT2D eigenvalue weighted by Gasteiger charge is -2.15. The van der Waals surface area contributed by atoms with Gasteiger partial charge in [-0.1, -0.05) is 6.92 Å². The van der Waals surface area contributed by atoms with E-state index in [2.05, 4.69) is 10.6 Å². The molecule has 2 atom stereocenters. The zero-order valence-corrected chi connectivity index (χ0v) is 16.2. The number of amides is 2. The predicted octanol–water partition coefficient (Wildman–Crippen LogP) is 1.05. The molecule has 0 radical (unpaired) electrons. The molecule has 1 saturated carbocycles. The maximum atomic E-state index is 12.2. The van der Waals surface area contributed by atoms with Gasteiger partial charge < -0.3 is 15.4 Å². The van der Waals surface area contributed by atoms with Crippen LogP contribution in [0.3, 0.4) is 0 Å². The van der Waals surface area contributed by atoms with Crippen LogP contribution in [0.25, 0.3) is 0 Å². The number of ether oxygens (including phenoxy) is 1. The number of nitrogens with zero attached hydrogens (tertiary/aromatic N) is 1. The van der Waals surface area contributed by atoms with Crippen molar-refractivity contribution in [1.82, 2.24) is 9.62 Å². The molecule has 1 aromatic rings. The maximum absolute atomic E-state index is 12.2. The number of hydrogen-bond donors (Lipinski definition) is 2. The summed E-state index contributed by atoms with van der Waals surface area (Å²) in [7, 11) is 0.669. The van der Waals surface area contributed by atoms with Crippen LogP contribution in [0.5, 0.6) is 5.75 Å². The van der Waals surface area contributed by atoms with E-state index in [1.807, 2.05) is 6.92 Å². The summed E-state index contributed by atoms with van der Waals surface area (Å²) >= 11 is 0. The Morgan fingerprint density at radius 3 is 2.50 bits per heavy atom. The quantitative estimate of drug-likeness (QED) is 0.698. The van der Waals surface area contributed by atoms with Gasteiger partial charge in [-0.2, -0.15) is 0 Å². The number of sulfonamides is 1. The van der Waals surface area contributed by atoms with Crippen LogP contribution in [0.4, 0.5) is 5.69 Å². The van der Waals surface area contributed by atoms with Crippen LogP contribution in [-0.4, -0.2) is 52.3 Å². The molecule has 2 N–H and O–H groups in total. The topological polar surface area (TPSA) is 105 Å². The minimum atomic E-state index is -3.63. The number of hydrogen-bond acceptors (Lipinski definition) is 5. The summed E-state index contributed by atoms with van der Waals surface area (Å²) in [5.41, 5.74) is 0.266. The highest BCUT2D eigenvalue weighted by Gasteiger charge is 2.38. The van der Waals surface area contributed by atoms with E-state index >= 15 is 0 Å². The fraction of sp³-hybridized carbons (Fsp3) is 0.529. The van der Waals surface area contributed by atoms with Crippen LogP contribution in [0, 0.1) is 11.8 Å². The normalized spacial score (nSPS) is 19.1. The lowest BCUT2D eigenvalue weighted by molar-refractivity contribution is -0.122. The number of carbonyl (C=O) groups excluding carboxylic acids is 2. The second kappa shape index (κ2) is 8.05. The third-order valence-electron chi connectivity index (χ3n) is 4.32. The first-order valence-corrected chi connectivity index (χ1v) is 9.79. The zero-order chi connectivity index (χ0) is 19.5. The Hall–Kier alpha value is -2.13.